The Labute approximate surface area is 156 Å². The van der Waals surface area contributed by atoms with Gasteiger partial charge in [0.1, 0.15) is 6.04 Å². The molecular weight excluding hydrogens is 342 g/mol. The van der Waals surface area contributed by atoms with Gasteiger partial charge in [-0.15, -0.1) is 0 Å². The van der Waals surface area contributed by atoms with Gasteiger partial charge in [0.25, 0.3) is 5.91 Å². The van der Waals surface area contributed by atoms with Crippen LogP contribution in [0.5, 0.6) is 0 Å². The summed E-state index contributed by atoms with van der Waals surface area (Å²) >= 11 is 0. The first kappa shape index (κ1) is 18.1. The number of hydrogen-bond acceptors (Lipinski definition) is 6. The van der Waals surface area contributed by atoms with E-state index >= 15 is 0 Å². The van der Waals surface area contributed by atoms with E-state index in [1.807, 2.05) is 38.4 Å². The summed E-state index contributed by atoms with van der Waals surface area (Å²) in [6.45, 7) is 3.52. The van der Waals surface area contributed by atoms with Crippen LogP contribution in [0.3, 0.4) is 0 Å². The summed E-state index contributed by atoms with van der Waals surface area (Å²) in [5, 5.41) is 18.8. The van der Waals surface area contributed by atoms with Crippen LogP contribution in [0.4, 0.5) is 11.6 Å². The zero-order valence-corrected chi connectivity index (χ0v) is 15.3. The lowest BCUT2D eigenvalue weighted by molar-refractivity contribution is 0.0948. The third-order valence-electron chi connectivity index (χ3n) is 3.90. The molecule has 0 aliphatic rings. The molecule has 2 N–H and O–H groups in total. The van der Waals surface area contributed by atoms with Crippen molar-refractivity contribution in [2.24, 2.45) is 7.05 Å². The van der Waals surface area contributed by atoms with Crippen LogP contribution in [-0.2, 0) is 7.05 Å². The topological polar surface area (TPSA) is 109 Å². The third kappa shape index (κ3) is 4.10. The predicted molar refractivity (Wildman–Crippen MR) is 101 cm³/mol. The fourth-order valence-electron chi connectivity index (χ4n) is 2.58. The standard InChI is InChI=1S/C19H19N7O/c1-12-9-21-19(24-14-10-22-26(3)11-14)25-17(12)15-6-4-5-7-16(15)18(27)23-13(2)8-20/h4-7,9-11,13H,1-3H3,(H,23,27)(H,21,24,25). The number of rotatable bonds is 5. The molecule has 2 heterocycles. The van der Waals surface area contributed by atoms with Gasteiger partial charge in [0.2, 0.25) is 5.95 Å². The minimum Gasteiger partial charge on any atom is -0.337 e. The molecule has 3 aromatic rings. The van der Waals surface area contributed by atoms with Gasteiger partial charge in [-0.05, 0) is 25.5 Å². The van der Waals surface area contributed by atoms with E-state index in [1.54, 1.807) is 36.1 Å². The van der Waals surface area contributed by atoms with Gasteiger partial charge in [-0.2, -0.15) is 10.4 Å². The van der Waals surface area contributed by atoms with Crippen molar-refractivity contribution in [2.45, 2.75) is 19.9 Å². The smallest absolute Gasteiger partial charge is 0.252 e. The van der Waals surface area contributed by atoms with E-state index in [1.165, 1.54) is 0 Å². The zero-order chi connectivity index (χ0) is 19.4. The van der Waals surface area contributed by atoms with E-state index in [4.69, 9.17) is 5.26 Å². The normalized spacial score (nSPS) is 11.5. The van der Waals surface area contributed by atoms with Crippen LogP contribution in [-0.4, -0.2) is 31.7 Å². The molecule has 8 nitrogen and oxygen atoms in total. The molecule has 1 atom stereocenters. The lowest BCUT2D eigenvalue weighted by atomic mass is 10.0. The van der Waals surface area contributed by atoms with Gasteiger partial charge in [-0.1, -0.05) is 18.2 Å². The van der Waals surface area contributed by atoms with Crippen LogP contribution < -0.4 is 10.6 Å². The number of amides is 1. The highest BCUT2D eigenvalue weighted by atomic mass is 16.1. The molecule has 0 aliphatic heterocycles. The summed E-state index contributed by atoms with van der Waals surface area (Å²) in [7, 11) is 1.82. The molecule has 0 fully saturated rings. The number of nitrogens with zero attached hydrogens (tertiary/aromatic N) is 5. The monoisotopic (exact) mass is 361 g/mol. The van der Waals surface area contributed by atoms with Gasteiger partial charge < -0.3 is 10.6 Å². The fraction of sp³-hybridized carbons (Fsp3) is 0.211. The number of carbonyl (C=O) groups is 1. The minimum atomic E-state index is -0.583. The molecule has 0 radical (unpaired) electrons. The predicted octanol–water partition coefficient (Wildman–Crippen LogP) is 2.57. The summed E-state index contributed by atoms with van der Waals surface area (Å²) in [5.74, 6) is 0.0867. The third-order valence-corrected chi connectivity index (χ3v) is 3.90. The summed E-state index contributed by atoms with van der Waals surface area (Å²) < 4.78 is 1.67. The van der Waals surface area contributed by atoms with Crippen LogP contribution in [0.1, 0.15) is 22.8 Å². The molecule has 1 unspecified atom stereocenters. The molecule has 1 aromatic carbocycles. The van der Waals surface area contributed by atoms with Gasteiger partial charge in [-0.25, -0.2) is 9.97 Å². The molecule has 0 aliphatic carbocycles. The second kappa shape index (κ2) is 7.66. The van der Waals surface area contributed by atoms with E-state index in [2.05, 4.69) is 25.7 Å². The van der Waals surface area contributed by atoms with Gasteiger partial charge in [0.05, 0.1) is 23.6 Å². The van der Waals surface area contributed by atoms with Crippen molar-refractivity contribution < 1.29 is 4.79 Å². The van der Waals surface area contributed by atoms with Crippen molar-refractivity contribution in [1.82, 2.24) is 25.1 Å². The van der Waals surface area contributed by atoms with Crippen molar-refractivity contribution in [2.75, 3.05) is 5.32 Å². The number of anilines is 2. The Morgan fingerprint density at radius 1 is 1.30 bits per heavy atom. The van der Waals surface area contributed by atoms with Crippen molar-refractivity contribution in [3.63, 3.8) is 0 Å². The van der Waals surface area contributed by atoms with E-state index in [-0.39, 0.29) is 5.91 Å². The molecule has 0 bridgehead atoms. The first-order valence-electron chi connectivity index (χ1n) is 8.37. The second-order valence-corrected chi connectivity index (χ2v) is 6.12. The van der Waals surface area contributed by atoms with Crippen molar-refractivity contribution >= 4 is 17.5 Å². The van der Waals surface area contributed by atoms with Gasteiger partial charge in [0, 0.05) is 30.6 Å². The Bertz CT molecular complexity index is 1020. The molecule has 1 amide bonds. The van der Waals surface area contributed by atoms with Gasteiger partial charge in [0.15, 0.2) is 0 Å². The van der Waals surface area contributed by atoms with Gasteiger partial charge >= 0.3 is 0 Å². The highest BCUT2D eigenvalue weighted by Crippen LogP contribution is 2.26. The molecule has 2 aromatic heterocycles. The van der Waals surface area contributed by atoms with Crippen molar-refractivity contribution in [1.29, 1.82) is 5.26 Å². The zero-order valence-electron chi connectivity index (χ0n) is 15.3. The van der Waals surface area contributed by atoms with E-state index < -0.39 is 6.04 Å². The van der Waals surface area contributed by atoms with Crippen molar-refractivity contribution in [3.8, 4) is 17.3 Å². The molecule has 0 spiro atoms. The SMILES string of the molecule is Cc1cnc(Nc2cnn(C)c2)nc1-c1ccccc1C(=O)NC(C)C#N. The Morgan fingerprint density at radius 2 is 2.07 bits per heavy atom. The lowest BCUT2D eigenvalue weighted by Gasteiger charge is -2.13. The highest BCUT2D eigenvalue weighted by Gasteiger charge is 2.17. The Kier molecular flexibility index (Phi) is 5.13. The second-order valence-electron chi connectivity index (χ2n) is 6.12. The summed E-state index contributed by atoms with van der Waals surface area (Å²) in [5.41, 5.74) is 3.37. The molecule has 0 saturated carbocycles. The fourth-order valence-corrected chi connectivity index (χ4v) is 2.58. The van der Waals surface area contributed by atoms with Crippen molar-refractivity contribution in [3.05, 3.63) is 54.0 Å². The number of benzene rings is 1. The average molecular weight is 361 g/mol. The average Bonchev–Trinajstić information content (AvgIpc) is 3.07. The summed E-state index contributed by atoms with van der Waals surface area (Å²) in [6.07, 6.45) is 5.19. The maximum atomic E-state index is 12.6. The summed E-state index contributed by atoms with van der Waals surface area (Å²) in [6, 6.07) is 8.58. The first-order valence-corrected chi connectivity index (χ1v) is 8.37. The van der Waals surface area contributed by atoms with Crippen LogP contribution in [0, 0.1) is 18.3 Å². The maximum Gasteiger partial charge on any atom is 0.252 e. The van der Waals surface area contributed by atoms with Crippen LogP contribution >= 0.6 is 0 Å². The van der Waals surface area contributed by atoms with Crippen LogP contribution in [0.25, 0.3) is 11.3 Å². The largest absolute Gasteiger partial charge is 0.337 e. The van der Waals surface area contributed by atoms with Crippen LogP contribution in [0.15, 0.2) is 42.9 Å². The van der Waals surface area contributed by atoms with E-state index in [0.717, 1.165) is 11.3 Å². The molecular formula is C19H19N7O. The van der Waals surface area contributed by atoms with E-state index in [9.17, 15) is 4.79 Å². The number of hydrogen-bond donors (Lipinski definition) is 2. The quantitative estimate of drug-likeness (QED) is 0.723. The van der Waals surface area contributed by atoms with E-state index in [0.29, 0.717) is 22.8 Å². The lowest BCUT2D eigenvalue weighted by Crippen LogP contribution is -2.31. The Hall–Kier alpha value is -3.73. The molecule has 3 rings (SSSR count). The summed E-state index contributed by atoms with van der Waals surface area (Å²) in [4.78, 5) is 21.5. The highest BCUT2D eigenvalue weighted by molar-refractivity contribution is 6.01. The Balaban J connectivity index is 1.98. The minimum absolute atomic E-state index is 0.320. The number of aromatic nitrogens is 4. The number of carbonyl (C=O) groups excluding carboxylic acids is 1. The Morgan fingerprint density at radius 3 is 2.78 bits per heavy atom. The molecule has 136 valence electrons. The maximum absolute atomic E-state index is 12.6. The number of aryl methyl sites for hydroxylation is 2. The number of nitriles is 1. The first-order chi connectivity index (χ1) is 13.0. The van der Waals surface area contributed by atoms with Gasteiger partial charge in [-0.3, -0.25) is 9.48 Å². The molecule has 27 heavy (non-hydrogen) atoms. The molecule has 0 saturated heterocycles. The molecule has 8 heteroatoms. The number of nitrogens with one attached hydrogen (secondary N) is 2. The van der Waals surface area contributed by atoms with Crippen LogP contribution in [0.2, 0.25) is 0 Å².